The van der Waals surface area contributed by atoms with Gasteiger partial charge < -0.3 is 15.6 Å². The maximum Gasteiger partial charge on any atom is 0.362 e. The van der Waals surface area contributed by atoms with E-state index in [2.05, 4.69) is 9.57 Å². The molecular weight excluding hydrogens is 274 g/mol. The van der Waals surface area contributed by atoms with Crippen LogP contribution in [0.4, 0.5) is 0 Å². The predicted octanol–water partition coefficient (Wildman–Crippen LogP) is 1.24. The summed E-state index contributed by atoms with van der Waals surface area (Å²) in [5, 5.41) is 10.7. The van der Waals surface area contributed by atoms with Gasteiger partial charge in [-0.1, -0.05) is 18.2 Å². The summed E-state index contributed by atoms with van der Waals surface area (Å²) in [5.41, 5.74) is 6.72. The number of amidine groups is 2. The normalized spacial score (nSPS) is 21.4. The third-order valence-electron chi connectivity index (χ3n) is 3.17. The van der Waals surface area contributed by atoms with Crippen molar-refractivity contribution in [2.45, 2.75) is 0 Å². The van der Waals surface area contributed by atoms with E-state index in [0.717, 1.165) is 41.9 Å². The van der Waals surface area contributed by atoms with E-state index in [4.69, 9.17) is 10.5 Å². The van der Waals surface area contributed by atoms with E-state index >= 15 is 0 Å². The molecule has 0 unspecified atom stereocenters. The number of nitrogens with zero attached hydrogens (tertiary/aromatic N) is 2. The maximum atomic E-state index is 9.80. The highest BCUT2D eigenvalue weighted by molar-refractivity contribution is 8.18. The number of morpholine rings is 1. The highest BCUT2D eigenvalue weighted by atomic mass is 32.2. The molecule has 1 fully saturated rings. The van der Waals surface area contributed by atoms with Gasteiger partial charge in [-0.3, -0.25) is 0 Å². The van der Waals surface area contributed by atoms with Gasteiger partial charge in [0.15, 0.2) is 0 Å². The lowest BCUT2D eigenvalue weighted by molar-refractivity contribution is -0.547. The fourth-order valence-electron chi connectivity index (χ4n) is 2.08. The van der Waals surface area contributed by atoms with Crippen LogP contribution in [0.5, 0.6) is 5.75 Å². The number of phenols is 1. The van der Waals surface area contributed by atoms with E-state index in [1.54, 1.807) is 12.1 Å². The number of thioether (sulfide) groups is 1. The summed E-state index contributed by atoms with van der Waals surface area (Å²) in [7, 11) is 0. The number of aliphatic imine (C=N–C) groups is 1. The minimum Gasteiger partial charge on any atom is -0.507 e. The summed E-state index contributed by atoms with van der Waals surface area (Å²) in [6, 6.07) is 7.18. The van der Waals surface area contributed by atoms with Crippen LogP contribution in [-0.2, 0) is 4.74 Å². The molecule has 0 aromatic heterocycles. The smallest absolute Gasteiger partial charge is 0.362 e. The van der Waals surface area contributed by atoms with Gasteiger partial charge in [-0.25, -0.2) is 4.58 Å². The molecule has 0 radical (unpaired) electrons. The van der Waals surface area contributed by atoms with E-state index in [0.29, 0.717) is 5.84 Å². The first kappa shape index (κ1) is 13.2. The van der Waals surface area contributed by atoms with Gasteiger partial charge in [-0.05, 0) is 17.1 Å². The fourth-order valence-corrected chi connectivity index (χ4v) is 3.06. The van der Waals surface area contributed by atoms with Crippen LogP contribution < -0.4 is 5.73 Å². The Hall–Kier alpha value is -1.79. The maximum absolute atomic E-state index is 9.80. The Bertz CT molecular complexity index is 615. The van der Waals surface area contributed by atoms with Crippen LogP contribution in [0.15, 0.2) is 34.2 Å². The van der Waals surface area contributed by atoms with Gasteiger partial charge in [0.25, 0.3) is 5.84 Å². The number of ether oxygens (including phenoxy) is 1. The number of rotatable bonds is 1. The van der Waals surface area contributed by atoms with Crippen LogP contribution in [0.1, 0.15) is 5.56 Å². The summed E-state index contributed by atoms with van der Waals surface area (Å²) < 4.78 is 7.51. The van der Waals surface area contributed by atoms with Crippen molar-refractivity contribution in [1.29, 1.82) is 0 Å². The van der Waals surface area contributed by atoms with E-state index in [-0.39, 0.29) is 5.75 Å². The van der Waals surface area contributed by atoms with Gasteiger partial charge in [-0.15, -0.1) is 0 Å². The zero-order chi connectivity index (χ0) is 13.9. The standard InChI is InChI=1S/C14H15N3O2S/c15-13-12(9-10-3-1-2-4-11(10)18)20-14(16-13)17-5-7-19-8-6-17/h1-4,9H,5-8H2,(H2,15,18)/p+1. The molecule has 0 saturated carbocycles. The molecule has 0 amide bonds. The first-order chi connectivity index (χ1) is 9.74. The molecule has 1 aromatic rings. The van der Waals surface area contributed by atoms with Crippen molar-refractivity contribution < 1.29 is 14.4 Å². The summed E-state index contributed by atoms with van der Waals surface area (Å²) >= 11 is 1.54. The molecule has 5 nitrogen and oxygen atoms in total. The highest BCUT2D eigenvalue weighted by Crippen LogP contribution is 2.30. The number of nitrogens with two attached hydrogens (primary N) is 1. The minimum absolute atomic E-state index is 0.244. The molecule has 2 aliphatic heterocycles. The first-order valence-electron chi connectivity index (χ1n) is 6.46. The second-order valence-corrected chi connectivity index (χ2v) is 5.56. The van der Waals surface area contributed by atoms with Crippen molar-refractivity contribution in [3.8, 4) is 5.75 Å². The molecule has 20 heavy (non-hydrogen) atoms. The fraction of sp³-hybridized carbons (Fsp3) is 0.286. The summed E-state index contributed by atoms with van der Waals surface area (Å²) in [5.74, 6) is 0.743. The average Bonchev–Trinajstić information content (AvgIpc) is 2.84. The van der Waals surface area contributed by atoms with Crippen molar-refractivity contribution in [3.05, 3.63) is 34.7 Å². The van der Waals surface area contributed by atoms with Crippen LogP contribution >= 0.6 is 11.8 Å². The van der Waals surface area contributed by atoms with Crippen LogP contribution in [0.2, 0.25) is 0 Å². The molecule has 2 aliphatic rings. The summed E-state index contributed by atoms with van der Waals surface area (Å²) in [6.45, 7) is 3.11. The van der Waals surface area contributed by atoms with Crippen LogP contribution in [0.3, 0.4) is 0 Å². The monoisotopic (exact) mass is 290 g/mol. The zero-order valence-electron chi connectivity index (χ0n) is 11.0. The average molecular weight is 290 g/mol. The molecule has 1 saturated heterocycles. The molecule has 6 heteroatoms. The van der Waals surface area contributed by atoms with Gasteiger partial charge in [-0.2, -0.15) is 0 Å². The third kappa shape index (κ3) is 2.71. The number of para-hydroxylation sites is 1. The molecular formula is C14H16N3O2S+. The van der Waals surface area contributed by atoms with Crippen LogP contribution in [0.25, 0.3) is 6.08 Å². The largest absolute Gasteiger partial charge is 0.507 e. The van der Waals surface area contributed by atoms with Crippen LogP contribution in [0, 0.1) is 0 Å². The van der Waals surface area contributed by atoms with Gasteiger partial charge in [0.05, 0.1) is 18.1 Å². The van der Waals surface area contributed by atoms with Crippen molar-refractivity contribution >= 4 is 28.8 Å². The van der Waals surface area contributed by atoms with Crippen LogP contribution in [-0.4, -0.2) is 47.0 Å². The van der Waals surface area contributed by atoms with E-state index < -0.39 is 0 Å². The summed E-state index contributed by atoms with van der Waals surface area (Å²) in [6.07, 6.45) is 1.87. The number of aromatic hydroxyl groups is 1. The predicted molar refractivity (Wildman–Crippen MR) is 81.1 cm³/mol. The van der Waals surface area contributed by atoms with Crippen molar-refractivity contribution in [2.75, 3.05) is 26.3 Å². The van der Waals surface area contributed by atoms with Gasteiger partial charge >= 0.3 is 5.17 Å². The van der Waals surface area contributed by atoms with Crippen molar-refractivity contribution in [1.82, 2.24) is 0 Å². The molecule has 3 rings (SSSR count). The van der Waals surface area contributed by atoms with E-state index in [1.165, 1.54) is 11.8 Å². The molecule has 1 aromatic carbocycles. The topological polar surface area (TPSA) is 70.8 Å². The highest BCUT2D eigenvalue weighted by Gasteiger charge is 2.30. The quantitative estimate of drug-likeness (QED) is 0.763. The number of hydrogen-bond donors (Lipinski definition) is 2. The van der Waals surface area contributed by atoms with Gasteiger partial charge in [0, 0.05) is 17.3 Å². The second kappa shape index (κ2) is 5.68. The third-order valence-corrected chi connectivity index (χ3v) is 4.25. The molecule has 0 aliphatic carbocycles. The number of hydrogen-bond acceptors (Lipinski definition) is 4. The van der Waals surface area contributed by atoms with Crippen molar-refractivity contribution in [3.63, 3.8) is 0 Å². The second-order valence-electron chi connectivity index (χ2n) is 4.55. The first-order valence-corrected chi connectivity index (χ1v) is 7.27. The molecule has 3 N–H and O–H groups in total. The number of benzene rings is 1. The lowest BCUT2D eigenvalue weighted by Crippen LogP contribution is -2.31. The lowest BCUT2D eigenvalue weighted by atomic mass is 10.2. The van der Waals surface area contributed by atoms with E-state index in [9.17, 15) is 5.11 Å². The Kier molecular flexibility index (Phi) is 3.75. The number of phenolic OH excluding ortho intramolecular Hbond substituents is 1. The summed E-state index contributed by atoms with van der Waals surface area (Å²) in [4.78, 5) is 5.28. The Morgan fingerprint density at radius 2 is 2.05 bits per heavy atom. The molecule has 0 bridgehead atoms. The molecule has 0 atom stereocenters. The van der Waals surface area contributed by atoms with E-state index in [1.807, 2.05) is 18.2 Å². The Morgan fingerprint density at radius 3 is 2.80 bits per heavy atom. The molecule has 2 heterocycles. The lowest BCUT2D eigenvalue weighted by Gasteiger charge is -2.13. The molecule has 104 valence electrons. The van der Waals surface area contributed by atoms with Gasteiger partial charge in [0.2, 0.25) is 0 Å². The Morgan fingerprint density at radius 1 is 1.30 bits per heavy atom. The zero-order valence-corrected chi connectivity index (χ0v) is 11.8. The minimum atomic E-state index is 0.244. The molecule has 0 spiro atoms. The van der Waals surface area contributed by atoms with Crippen molar-refractivity contribution in [2.24, 2.45) is 10.7 Å². The Balaban J connectivity index is 1.87. The Labute approximate surface area is 121 Å². The van der Waals surface area contributed by atoms with Gasteiger partial charge in [0.1, 0.15) is 18.8 Å². The SMILES string of the molecule is NC1=NC(=[N+]2CCOCC2)SC1=Cc1ccccc1O.